The fourth-order valence-corrected chi connectivity index (χ4v) is 5.66. The quantitative estimate of drug-likeness (QED) is 0.161. The second-order valence-corrected chi connectivity index (χ2v) is 12.2. The average molecular weight is 559 g/mol. The zero-order valence-corrected chi connectivity index (χ0v) is 26.3. The molecule has 0 saturated heterocycles. The number of ether oxygens (including phenoxy) is 1. The fraction of sp³-hybridized carbons (Fsp3) is 0.568. The number of hydrogen-bond acceptors (Lipinski definition) is 3. The number of benzene rings is 2. The molecule has 224 valence electrons. The van der Waals surface area contributed by atoms with E-state index in [0.717, 1.165) is 43.0 Å². The molecule has 3 rings (SSSR count). The summed E-state index contributed by atoms with van der Waals surface area (Å²) in [6.07, 6.45) is 21.0. The lowest BCUT2D eigenvalue weighted by molar-refractivity contribution is -0.116. The van der Waals surface area contributed by atoms with Crippen molar-refractivity contribution in [2.45, 2.75) is 118 Å². The minimum atomic E-state index is 0.00759. The van der Waals surface area contributed by atoms with Crippen LogP contribution in [-0.2, 0) is 17.8 Å². The summed E-state index contributed by atoms with van der Waals surface area (Å²) in [6.45, 7) is 10.4. The van der Waals surface area contributed by atoms with Gasteiger partial charge in [-0.2, -0.15) is 0 Å². The Morgan fingerprint density at radius 2 is 1.51 bits per heavy atom. The van der Waals surface area contributed by atoms with Gasteiger partial charge in [-0.05, 0) is 61.2 Å². The standard InChI is InChI=1S/C37H54N2O2/c1-5-6-7-8-9-10-11-12-13-14-15-16-25-41-36-22-18-20-34(27-36)29-39(32(3)40)35-21-17-19-33(26-35)28-37(4)30-38-24-23-31(37)2/h17-24,26-27H,5-16,25,28-30H2,1-4H3. The molecule has 2 aromatic rings. The van der Waals surface area contributed by atoms with Gasteiger partial charge in [0, 0.05) is 30.8 Å². The molecule has 4 heteroatoms. The SMILES string of the molecule is CCCCCCCCCCCCCCOc1cccc(CN(C(C)=O)c2cccc(CC3(C)CN=CC=C3C)c2)c1. The van der Waals surface area contributed by atoms with Crippen LogP contribution in [0, 0.1) is 5.41 Å². The third-order valence-electron chi connectivity index (χ3n) is 8.52. The number of anilines is 1. The molecule has 0 radical (unpaired) electrons. The smallest absolute Gasteiger partial charge is 0.224 e. The first-order valence-corrected chi connectivity index (χ1v) is 16.2. The molecule has 1 heterocycles. The van der Waals surface area contributed by atoms with Gasteiger partial charge in [0.2, 0.25) is 5.91 Å². The van der Waals surface area contributed by atoms with E-state index in [1.807, 2.05) is 29.3 Å². The molecular weight excluding hydrogens is 504 g/mol. The monoisotopic (exact) mass is 558 g/mol. The maximum absolute atomic E-state index is 12.7. The molecule has 1 aliphatic heterocycles. The van der Waals surface area contributed by atoms with Gasteiger partial charge < -0.3 is 9.64 Å². The summed E-state index contributed by atoms with van der Waals surface area (Å²) < 4.78 is 6.09. The lowest BCUT2D eigenvalue weighted by Crippen LogP contribution is -2.29. The van der Waals surface area contributed by atoms with E-state index in [-0.39, 0.29) is 11.3 Å². The summed E-state index contributed by atoms with van der Waals surface area (Å²) in [5, 5.41) is 0. The Balaban J connectivity index is 1.43. The summed E-state index contributed by atoms with van der Waals surface area (Å²) in [6, 6.07) is 16.6. The van der Waals surface area contributed by atoms with E-state index < -0.39 is 0 Å². The van der Waals surface area contributed by atoms with E-state index in [1.54, 1.807) is 6.92 Å². The average Bonchev–Trinajstić information content (AvgIpc) is 2.96. The maximum Gasteiger partial charge on any atom is 0.224 e. The number of unbranched alkanes of at least 4 members (excludes halogenated alkanes) is 11. The molecule has 0 N–H and O–H groups in total. The van der Waals surface area contributed by atoms with Crippen LogP contribution in [0.4, 0.5) is 5.69 Å². The van der Waals surface area contributed by atoms with Gasteiger partial charge in [0.05, 0.1) is 13.2 Å². The molecule has 0 spiro atoms. The third kappa shape index (κ3) is 11.5. The third-order valence-corrected chi connectivity index (χ3v) is 8.52. The summed E-state index contributed by atoms with van der Waals surface area (Å²) in [4.78, 5) is 19.1. The number of allylic oxidation sites excluding steroid dienone is 1. The van der Waals surface area contributed by atoms with E-state index in [1.165, 1.54) is 81.8 Å². The van der Waals surface area contributed by atoms with E-state index in [2.05, 4.69) is 62.2 Å². The predicted octanol–water partition coefficient (Wildman–Crippen LogP) is 9.90. The van der Waals surface area contributed by atoms with E-state index in [9.17, 15) is 4.79 Å². The van der Waals surface area contributed by atoms with Crippen LogP contribution in [0.25, 0.3) is 0 Å². The number of rotatable bonds is 19. The number of aliphatic imine (C=N–C) groups is 1. The summed E-state index contributed by atoms with van der Waals surface area (Å²) in [5.41, 5.74) is 4.59. The zero-order chi connectivity index (χ0) is 29.3. The highest BCUT2D eigenvalue weighted by molar-refractivity contribution is 5.91. The zero-order valence-electron chi connectivity index (χ0n) is 26.3. The van der Waals surface area contributed by atoms with Crippen molar-refractivity contribution in [1.29, 1.82) is 0 Å². The minimum absolute atomic E-state index is 0.00759. The van der Waals surface area contributed by atoms with E-state index >= 15 is 0 Å². The second kappa shape index (κ2) is 17.8. The lowest BCUT2D eigenvalue weighted by Gasteiger charge is -2.31. The number of dihydropyridines is 1. The van der Waals surface area contributed by atoms with Crippen LogP contribution in [-0.4, -0.2) is 25.3 Å². The van der Waals surface area contributed by atoms with Gasteiger partial charge >= 0.3 is 0 Å². The Bertz CT molecular complexity index is 1120. The molecule has 0 aliphatic carbocycles. The van der Waals surface area contributed by atoms with Gasteiger partial charge in [0.1, 0.15) is 5.75 Å². The van der Waals surface area contributed by atoms with Crippen LogP contribution in [0.5, 0.6) is 5.75 Å². The van der Waals surface area contributed by atoms with Gasteiger partial charge in [-0.25, -0.2) is 0 Å². The molecule has 1 aliphatic rings. The minimum Gasteiger partial charge on any atom is -0.494 e. The number of carbonyl (C=O) groups is 1. The first kappa shape index (κ1) is 32.6. The van der Waals surface area contributed by atoms with Gasteiger partial charge in [-0.3, -0.25) is 9.79 Å². The number of carbonyl (C=O) groups excluding carboxylic acids is 1. The predicted molar refractivity (Wildman–Crippen MR) is 175 cm³/mol. The van der Waals surface area contributed by atoms with Crippen molar-refractivity contribution >= 4 is 17.8 Å². The second-order valence-electron chi connectivity index (χ2n) is 12.2. The van der Waals surface area contributed by atoms with E-state index in [0.29, 0.717) is 6.54 Å². The van der Waals surface area contributed by atoms with Crippen LogP contribution < -0.4 is 9.64 Å². The van der Waals surface area contributed by atoms with Crippen molar-refractivity contribution in [3.8, 4) is 5.75 Å². The maximum atomic E-state index is 12.7. The van der Waals surface area contributed by atoms with Gasteiger partial charge in [-0.1, -0.05) is 114 Å². The highest BCUT2D eigenvalue weighted by Gasteiger charge is 2.28. The highest BCUT2D eigenvalue weighted by atomic mass is 16.5. The Hall–Kier alpha value is -2.88. The molecule has 1 unspecified atom stereocenters. The van der Waals surface area contributed by atoms with E-state index in [4.69, 9.17) is 4.74 Å². The Morgan fingerprint density at radius 3 is 2.17 bits per heavy atom. The molecule has 41 heavy (non-hydrogen) atoms. The molecule has 1 amide bonds. The highest BCUT2D eigenvalue weighted by Crippen LogP contribution is 2.34. The van der Waals surface area contributed by atoms with Crippen LogP contribution in [0.3, 0.4) is 0 Å². The Morgan fingerprint density at radius 1 is 0.878 bits per heavy atom. The molecule has 2 aromatic carbocycles. The van der Waals surface area contributed by atoms with Crippen LogP contribution in [0.1, 0.15) is 116 Å². The van der Waals surface area contributed by atoms with Crippen molar-refractivity contribution in [2.24, 2.45) is 10.4 Å². The molecular formula is C37H54N2O2. The molecule has 0 bridgehead atoms. The Labute approximate surface area is 250 Å². The lowest BCUT2D eigenvalue weighted by atomic mass is 9.76. The number of amides is 1. The normalized spacial score (nSPS) is 16.4. The first-order valence-electron chi connectivity index (χ1n) is 16.2. The molecule has 0 saturated carbocycles. The van der Waals surface area contributed by atoms with Crippen LogP contribution >= 0.6 is 0 Å². The molecule has 0 fully saturated rings. The van der Waals surface area contributed by atoms with Crippen LogP contribution in [0.15, 0.2) is 65.2 Å². The largest absolute Gasteiger partial charge is 0.494 e. The topological polar surface area (TPSA) is 41.9 Å². The molecule has 4 nitrogen and oxygen atoms in total. The fourth-order valence-electron chi connectivity index (χ4n) is 5.66. The molecule has 1 atom stereocenters. The van der Waals surface area contributed by atoms with Gasteiger partial charge in [-0.15, -0.1) is 0 Å². The molecule has 0 aromatic heterocycles. The van der Waals surface area contributed by atoms with Gasteiger partial charge in [0.25, 0.3) is 0 Å². The van der Waals surface area contributed by atoms with Crippen molar-refractivity contribution < 1.29 is 9.53 Å². The van der Waals surface area contributed by atoms with Crippen molar-refractivity contribution in [1.82, 2.24) is 0 Å². The van der Waals surface area contributed by atoms with Crippen molar-refractivity contribution in [3.05, 3.63) is 71.3 Å². The summed E-state index contributed by atoms with van der Waals surface area (Å²) in [7, 11) is 0. The van der Waals surface area contributed by atoms with Crippen LogP contribution in [0.2, 0.25) is 0 Å². The number of nitrogens with zero attached hydrogens (tertiary/aromatic N) is 2. The number of hydrogen-bond donors (Lipinski definition) is 0. The van der Waals surface area contributed by atoms with Crippen molar-refractivity contribution in [2.75, 3.05) is 18.1 Å². The summed E-state index contributed by atoms with van der Waals surface area (Å²) >= 11 is 0. The Kier molecular flexibility index (Phi) is 14.2. The summed E-state index contributed by atoms with van der Waals surface area (Å²) in [5.74, 6) is 0.922. The van der Waals surface area contributed by atoms with Crippen molar-refractivity contribution in [3.63, 3.8) is 0 Å². The van der Waals surface area contributed by atoms with Gasteiger partial charge in [0.15, 0.2) is 0 Å². The first-order chi connectivity index (χ1) is 19.9.